The van der Waals surface area contributed by atoms with Crippen molar-refractivity contribution in [3.05, 3.63) is 12.2 Å². The molecule has 0 bridgehead atoms. The average Bonchev–Trinajstić information content (AvgIpc) is 2.37. The highest BCUT2D eigenvalue weighted by Gasteiger charge is 2.13. The molecule has 18 heavy (non-hydrogen) atoms. The van der Waals surface area contributed by atoms with E-state index in [1.807, 2.05) is 0 Å². The van der Waals surface area contributed by atoms with Crippen LogP contribution >= 0.6 is 0 Å². The largest absolute Gasteiger partial charge is 0.385 e. The lowest BCUT2D eigenvalue weighted by atomic mass is 10.0. The summed E-state index contributed by atoms with van der Waals surface area (Å²) in [7, 11) is 0. The maximum atomic E-state index is 11.6. The molecule has 0 aromatic rings. The van der Waals surface area contributed by atoms with Crippen molar-refractivity contribution in [2.45, 2.75) is 83.2 Å². The number of carbonyl (C=O) groups excluding carboxylic acids is 1. The van der Waals surface area contributed by atoms with Crippen LogP contribution in [-0.2, 0) is 4.79 Å². The van der Waals surface area contributed by atoms with Crippen LogP contribution in [0.15, 0.2) is 12.2 Å². The monoisotopic (exact) mass is 252 g/mol. The van der Waals surface area contributed by atoms with Crippen molar-refractivity contribution >= 4 is 5.78 Å². The van der Waals surface area contributed by atoms with E-state index in [4.69, 9.17) is 0 Å². The second-order valence-electron chi connectivity index (χ2n) is 5.40. The molecule has 0 heterocycles. The number of Topliss-reactive ketones (excluding diaryl/α,β-unsaturated/α-hetero) is 1. The van der Waals surface area contributed by atoms with Gasteiger partial charge in [-0.15, -0.1) is 0 Å². The van der Waals surface area contributed by atoms with Crippen molar-refractivity contribution in [1.82, 2.24) is 0 Å². The summed E-state index contributed by atoms with van der Waals surface area (Å²) in [6.07, 6.45) is 16.6. The van der Waals surface area contributed by atoms with E-state index >= 15 is 0 Å². The number of carbonyl (C=O) groups is 1. The summed E-state index contributed by atoms with van der Waals surface area (Å²) in [4.78, 5) is 11.6. The van der Waals surface area contributed by atoms with Gasteiger partial charge in [0.25, 0.3) is 0 Å². The molecule has 0 aromatic carbocycles. The SMILES string of the molecule is O=C1CCCCCC=CCCCCCCCC1O. The maximum absolute atomic E-state index is 11.6. The van der Waals surface area contributed by atoms with Gasteiger partial charge in [-0.3, -0.25) is 4.79 Å². The number of allylic oxidation sites excluding steroid dienone is 2. The first-order valence-electron chi connectivity index (χ1n) is 7.66. The van der Waals surface area contributed by atoms with Crippen LogP contribution in [0.25, 0.3) is 0 Å². The zero-order chi connectivity index (χ0) is 13.1. The molecule has 0 aromatic heterocycles. The Morgan fingerprint density at radius 2 is 1.39 bits per heavy atom. The minimum Gasteiger partial charge on any atom is -0.385 e. The van der Waals surface area contributed by atoms with Crippen molar-refractivity contribution in [3.63, 3.8) is 0 Å². The van der Waals surface area contributed by atoms with E-state index in [-0.39, 0.29) is 5.78 Å². The van der Waals surface area contributed by atoms with Gasteiger partial charge in [0, 0.05) is 6.42 Å². The predicted octanol–water partition coefficient (Wildman–Crippen LogP) is 4.17. The second kappa shape index (κ2) is 10.3. The number of ketones is 1. The minimum atomic E-state index is -0.696. The number of aliphatic hydroxyl groups excluding tert-OH is 1. The second-order valence-corrected chi connectivity index (χ2v) is 5.40. The molecule has 2 heteroatoms. The summed E-state index contributed by atoms with van der Waals surface area (Å²) in [6, 6.07) is 0. The first-order chi connectivity index (χ1) is 8.80. The van der Waals surface area contributed by atoms with Crippen LogP contribution in [0.3, 0.4) is 0 Å². The molecule has 0 saturated heterocycles. The summed E-state index contributed by atoms with van der Waals surface area (Å²) < 4.78 is 0. The standard InChI is InChI=1S/C16H28O2/c17-15-13-11-9-7-5-3-1-2-4-6-8-10-12-14-16(15)18/h1,3,16,18H,2,4-14H2. The molecule has 0 spiro atoms. The molecule has 2 nitrogen and oxygen atoms in total. The minimum absolute atomic E-state index is 0.0534. The fourth-order valence-electron chi connectivity index (χ4n) is 2.43. The molecule has 104 valence electrons. The van der Waals surface area contributed by atoms with Gasteiger partial charge in [-0.05, 0) is 38.5 Å². The Kier molecular flexibility index (Phi) is 8.83. The zero-order valence-corrected chi connectivity index (χ0v) is 11.6. The van der Waals surface area contributed by atoms with Gasteiger partial charge in [0.1, 0.15) is 6.10 Å². The summed E-state index contributed by atoms with van der Waals surface area (Å²) >= 11 is 0. The Bertz CT molecular complexity index is 245. The van der Waals surface area contributed by atoms with E-state index in [9.17, 15) is 9.90 Å². The molecule has 1 aliphatic rings. The average molecular weight is 252 g/mol. The Hall–Kier alpha value is -0.630. The topological polar surface area (TPSA) is 37.3 Å². The van der Waals surface area contributed by atoms with Crippen LogP contribution < -0.4 is 0 Å². The van der Waals surface area contributed by atoms with Crippen LogP contribution in [0.1, 0.15) is 77.0 Å². The third-order valence-electron chi connectivity index (χ3n) is 3.68. The van der Waals surface area contributed by atoms with Crippen molar-refractivity contribution in [3.8, 4) is 0 Å². The van der Waals surface area contributed by atoms with Crippen molar-refractivity contribution in [2.24, 2.45) is 0 Å². The van der Waals surface area contributed by atoms with Crippen molar-refractivity contribution in [1.29, 1.82) is 0 Å². The maximum Gasteiger partial charge on any atom is 0.161 e. The van der Waals surface area contributed by atoms with E-state index in [2.05, 4.69) is 12.2 Å². The highest BCUT2D eigenvalue weighted by atomic mass is 16.3. The van der Waals surface area contributed by atoms with Gasteiger partial charge in [-0.2, -0.15) is 0 Å². The molecule has 0 radical (unpaired) electrons. The van der Waals surface area contributed by atoms with Gasteiger partial charge < -0.3 is 5.11 Å². The molecule has 1 atom stereocenters. The number of rotatable bonds is 0. The molecule has 1 rings (SSSR count). The fraction of sp³-hybridized carbons (Fsp3) is 0.812. The van der Waals surface area contributed by atoms with Crippen molar-refractivity contribution < 1.29 is 9.90 Å². The molecule has 0 saturated carbocycles. The zero-order valence-electron chi connectivity index (χ0n) is 11.6. The van der Waals surface area contributed by atoms with Crippen LogP contribution in [0.2, 0.25) is 0 Å². The van der Waals surface area contributed by atoms with Gasteiger partial charge in [-0.25, -0.2) is 0 Å². The first kappa shape index (κ1) is 15.4. The van der Waals surface area contributed by atoms with Crippen molar-refractivity contribution in [2.75, 3.05) is 0 Å². The number of hydrogen-bond donors (Lipinski definition) is 1. The third kappa shape index (κ3) is 7.65. The summed E-state index contributed by atoms with van der Waals surface area (Å²) in [5.74, 6) is 0.0534. The molecular weight excluding hydrogens is 224 g/mol. The van der Waals surface area contributed by atoms with E-state index in [1.54, 1.807) is 0 Å². The van der Waals surface area contributed by atoms with Gasteiger partial charge in [0.15, 0.2) is 5.78 Å². The van der Waals surface area contributed by atoms with Gasteiger partial charge in [-0.1, -0.05) is 44.3 Å². The van der Waals surface area contributed by atoms with E-state index in [1.165, 1.54) is 32.1 Å². The first-order valence-corrected chi connectivity index (χ1v) is 7.66. The number of hydrogen-bond acceptors (Lipinski definition) is 2. The molecule has 0 fully saturated rings. The Morgan fingerprint density at radius 3 is 2.11 bits per heavy atom. The molecule has 1 N–H and O–H groups in total. The lowest BCUT2D eigenvalue weighted by Gasteiger charge is -2.09. The van der Waals surface area contributed by atoms with Crippen LogP contribution in [0, 0.1) is 0 Å². The fourth-order valence-corrected chi connectivity index (χ4v) is 2.43. The van der Waals surface area contributed by atoms with Gasteiger partial charge >= 0.3 is 0 Å². The van der Waals surface area contributed by atoms with Gasteiger partial charge in [0.05, 0.1) is 0 Å². The molecule has 0 aliphatic heterocycles. The molecule has 1 aliphatic carbocycles. The molecule has 1 unspecified atom stereocenters. The lowest BCUT2D eigenvalue weighted by Crippen LogP contribution is -2.19. The molecule has 0 amide bonds. The highest BCUT2D eigenvalue weighted by molar-refractivity contribution is 5.82. The Morgan fingerprint density at radius 1 is 0.833 bits per heavy atom. The Labute approximate surface area is 111 Å². The smallest absolute Gasteiger partial charge is 0.161 e. The van der Waals surface area contributed by atoms with E-state index in [0.717, 1.165) is 32.1 Å². The summed E-state index contributed by atoms with van der Waals surface area (Å²) in [5.41, 5.74) is 0. The Balaban J connectivity index is 2.28. The normalized spacial score (nSPS) is 26.1. The predicted molar refractivity (Wildman–Crippen MR) is 75.6 cm³/mol. The summed E-state index contributed by atoms with van der Waals surface area (Å²) in [5, 5.41) is 9.73. The third-order valence-corrected chi connectivity index (χ3v) is 3.68. The van der Waals surface area contributed by atoms with E-state index < -0.39 is 6.10 Å². The quantitative estimate of drug-likeness (QED) is 0.657. The van der Waals surface area contributed by atoms with Crippen LogP contribution in [-0.4, -0.2) is 17.0 Å². The van der Waals surface area contributed by atoms with E-state index in [0.29, 0.717) is 12.8 Å². The summed E-state index contributed by atoms with van der Waals surface area (Å²) in [6.45, 7) is 0. The van der Waals surface area contributed by atoms with Crippen LogP contribution in [0.4, 0.5) is 0 Å². The van der Waals surface area contributed by atoms with Crippen LogP contribution in [0.5, 0.6) is 0 Å². The molecular formula is C16H28O2. The number of aliphatic hydroxyl groups is 1. The lowest BCUT2D eigenvalue weighted by molar-refractivity contribution is -0.127. The highest BCUT2D eigenvalue weighted by Crippen LogP contribution is 2.13. The van der Waals surface area contributed by atoms with Gasteiger partial charge in [0.2, 0.25) is 0 Å².